The molecule has 9 heteroatoms. The summed E-state index contributed by atoms with van der Waals surface area (Å²) in [6.07, 6.45) is 2.19. The number of carboxylic acids is 1. The van der Waals surface area contributed by atoms with Gasteiger partial charge < -0.3 is 21.1 Å². The first-order valence-corrected chi connectivity index (χ1v) is 10.7. The number of likely N-dealkylation sites (tertiary alicyclic amines) is 1. The van der Waals surface area contributed by atoms with Gasteiger partial charge in [-0.2, -0.15) is 0 Å². The molecular formula is C24H25N5O4. The van der Waals surface area contributed by atoms with Gasteiger partial charge in [-0.05, 0) is 35.1 Å². The van der Waals surface area contributed by atoms with E-state index in [0.29, 0.717) is 30.9 Å². The number of anilines is 1. The Kier molecular flexibility index (Phi) is 6.50. The fourth-order valence-electron chi connectivity index (χ4n) is 3.94. The van der Waals surface area contributed by atoms with Crippen LogP contribution < -0.4 is 16.4 Å². The van der Waals surface area contributed by atoms with Crippen LogP contribution in [0.15, 0.2) is 60.8 Å². The molecule has 1 fully saturated rings. The van der Waals surface area contributed by atoms with Gasteiger partial charge >= 0.3 is 5.97 Å². The first-order chi connectivity index (χ1) is 15.9. The van der Waals surface area contributed by atoms with Crippen LogP contribution in [0.3, 0.4) is 0 Å². The van der Waals surface area contributed by atoms with E-state index in [-0.39, 0.29) is 18.4 Å². The fraction of sp³-hybridized carbons (Fsp3) is 0.250. The Morgan fingerprint density at radius 2 is 1.94 bits per heavy atom. The second-order valence-electron chi connectivity index (χ2n) is 7.92. The zero-order valence-electron chi connectivity index (χ0n) is 17.9. The Hall–Kier alpha value is -3.98. The Morgan fingerprint density at radius 3 is 2.64 bits per heavy atom. The van der Waals surface area contributed by atoms with Crippen LogP contribution in [0.4, 0.5) is 5.82 Å². The lowest BCUT2D eigenvalue weighted by atomic mass is 9.97. The lowest BCUT2D eigenvalue weighted by Gasteiger charge is -2.41. The van der Waals surface area contributed by atoms with Crippen molar-refractivity contribution >= 4 is 34.4 Å². The maximum absolute atomic E-state index is 13.2. The number of rotatable bonds is 8. The third-order valence-electron chi connectivity index (χ3n) is 5.77. The van der Waals surface area contributed by atoms with Crippen LogP contribution in [0.25, 0.3) is 10.8 Å². The molecule has 4 rings (SSSR count). The van der Waals surface area contributed by atoms with Crippen LogP contribution in [0, 0.1) is 0 Å². The van der Waals surface area contributed by atoms with Crippen LogP contribution in [0.1, 0.15) is 23.6 Å². The Morgan fingerprint density at radius 1 is 1.15 bits per heavy atom. The topological polar surface area (TPSA) is 138 Å². The Labute approximate surface area is 190 Å². The molecule has 170 valence electrons. The van der Waals surface area contributed by atoms with Gasteiger partial charge in [0.15, 0.2) is 0 Å². The summed E-state index contributed by atoms with van der Waals surface area (Å²) in [6.45, 7) is 0.393. The highest BCUT2D eigenvalue weighted by Crippen LogP contribution is 2.25. The van der Waals surface area contributed by atoms with E-state index in [2.05, 4.69) is 15.6 Å². The Balaban J connectivity index is 1.41. The molecule has 0 aliphatic carbocycles. The number of carbonyl (C=O) groups excluding carboxylic acids is 2. The summed E-state index contributed by atoms with van der Waals surface area (Å²) in [5, 5.41) is 16.5. The quantitative estimate of drug-likeness (QED) is 0.410. The van der Waals surface area contributed by atoms with Crippen molar-refractivity contribution in [1.29, 1.82) is 0 Å². The normalized spacial score (nSPS) is 16.1. The van der Waals surface area contributed by atoms with Crippen molar-refractivity contribution in [3.05, 3.63) is 71.9 Å². The van der Waals surface area contributed by atoms with Crippen LogP contribution in [0.5, 0.6) is 0 Å². The maximum atomic E-state index is 13.2. The lowest BCUT2D eigenvalue weighted by molar-refractivity contribution is -0.149. The molecule has 0 bridgehead atoms. The number of fused-ring (bicyclic) bond motifs is 1. The minimum absolute atomic E-state index is 0.242. The van der Waals surface area contributed by atoms with Crippen molar-refractivity contribution in [2.24, 2.45) is 0 Å². The highest BCUT2D eigenvalue weighted by Gasteiger charge is 2.40. The van der Waals surface area contributed by atoms with Gasteiger partial charge in [-0.3, -0.25) is 19.7 Å². The van der Waals surface area contributed by atoms with Gasteiger partial charge in [0.25, 0.3) is 0 Å². The zero-order chi connectivity index (χ0) is 23.4. The molecule has 2 unspecified atom stereocenters. The summed E-state index contributed by atoms with van der Waals surface area (Å²) in [6, 6.07) is 15.0. The van der Waals surface area contributed by atoms with Gasteiger partial charge in [-0.25, -0.2) is 4.98 Å². The number of carboxylic acid groups (broad SMARTS) is 1. The summed E-state index contributed by atoms with van der Waals surface area (Å²) < 4.78 is 0. The van der Waals surface area contributed by atoms with E-state index in [4.69, 9.17) is 10.8 Å². The second-order valence-corrected chi connectivity index (χ2v) is 7.92. The number of hydrogen-bond acceptors (Lipinski definition) is 6. The molecule has 1 aliphatic heterocycles. The van der Waals surface area contributed by atoms with E-state index in [1.165, 1.54) is 4.90 Å². The van der Waals surface area contributed by atoms with E-state index in [1.807, 2.05) is 30.3 Å². The van der Waals surface area contributed by atoms with Crippen LogP contribution in [-0.2, 0) is 20.9 Å². The summed E-state index contributed by atoms with van der Waals surface area (Å²) >= 11 is 0. The molecule has 2 heterocycles. The van der Waals surface area contributed by atoms with Crippen molar-refractivity contribution in [3.63, 3.8) is 0 Å². The smallest absolute Gasteiger partial charge is 0.317 e. The Bertz CT molecular complexity index is 1180. The number of nitrogens with zero attached hydrogens (tertiary/aromatic N) is 2. The molecule has 3 aromatic rings. The third kappa shape index (κ3) is 4.93. The fourth-order valence-corrected chi connectivity index (χ4v) is 3.94. The molecule has 2 amide bonds. The number of nitrogens with one attached hydrogen (secondary N) is 2. The van der Waals surface area contributed by atoms with Crippen molar-refractivity contribution in [2.45, 2.75) is 25.0 Å². The number of carbonyl (C=O) groups is 3. The standard InChI is InChI=1S/C24H25N5O4/c25-22-18-7-6-15(12-17(18)8-10-26-22)13-28-23(32)19-9-11-29(19)24(33)21(27-14-20(30)31)16-4-2-1-3-5-16/h1-8,10,12,19,21,27H,9,11,13-14H2,(H2,25,26)(H,28,32)(H,30,31). The highest BCUT2D eigenvalue weighted by atomic mass is 16.4. The minimum atomic E-state index is -1.06. The van der Waals surface area contributed by atoms with Crippen molar-refractivity contribution in [2.75, 3.05) is 18.8 Å². The highest BCUT2D eigenvalue weighted by molar-refractivity contribution is 5.93. The van der Waals surface area contributed by atoms with Gasteiger partial charge in [0.2, 0.25) is 11.8 Å². The summed E-state index contributed by atoms with van der Waals surface area (Å²) in [5.74, 6) is -1.16. The van der Waals surface area contributed by atoms with Gasteiger partial charge in [-0.1, -0.05) is 42.5 Å². The molecule has 9 nitrogen and oxygen atoms in total. The zero-order valence-corrected chi connectivity index (χ0v) is 17.9. The molecule has 0 spiro atoms. The molecule has 0 radical (unpaired) electrons. The third-order valence-corrected chi connectivity index (χ3v) is 5.77. The molecule has 2 aromatic carbocycles. The average Bonchev–Trinajstić information content (AvgIpc) is 2.78. The van der Waals surface area contributed by atoms with E-state index in [1.54, 1.807) is 30.5 Å². The second kappa shape index (κ2) is 9.66. The van der Waals surface area contributed by atoms with Crippen molar-refractivity contribution in [1.82, 2.24) is 20.5 Å². The molecule has 5 N–H and O–H groups in total. The molecule has 1 aromatic heterocycles. The van der Waals surface area contributed by atoms with Crippen molar-refractivity contribution in [3.8, 4) is 0 Å². The van der Waals surface area contributed by atoms with Crippen LogP contribution in [-0.4, -0.2) is 51.9 Å². The number of aliphatic carboxylic acids is 1. The monoisotopic (exact) mass is 447 g/mol. The lowest BCUT2D eigenvalue weighted by Crippen LogP contribution is -2.60. The molecule has 1 saturated heterocycles. The number of hydrogen-bond donors (Lipinski definition) is 4. The van der Waals surface area contributed by atoms with Gasteiger partial charge in [0.1, 0.15) is 17.9 Å². The molecule has 1 aliphatic rings. The summed E-state index contributed by atoms with van der Waals surface area (Å²) in [4.78, 5) is 42.6. The first-order valence-electron chi connectivity index (χ1n) is 10.7. The predicted octanol–water partition coefficient (Wildman–Crippen LogP) is 1.45. The van der Waals surface area contributed by atoms with E-state index < -0.39 is 18.1 Å². The van der Waals surface area contributed by atoms with Crippen molar-refractivity contribution < 1.29 is 19.5 Å². The van der Waals surface area contributed by atoms with Crippen LogP contribution >= 0.6 is 0 Å². The largest absolute Gasteiger partial charge is 0.480 e. The van der Waals surface area contributed by atoms with Gasteiger partial charge in [-0.15, -0.1) is 0 Å². The van der Waals surface area contributed by atoms with E-state index >= 15 is 0 Å². The number of pyridine rings is 1. The number of benzene rings is 2. The summed E-state index contributed by atoms with van der Waals surface area (Å²) in [5.41, 5.74) is 7.44. The minimum Gasteiger partial charge on any atom is -0.480 e. The first kappa shape index (κ1) is 22.2. The molecular weight excluding hydrogens is 422 g/mol. The molecule has 33 heavy (non-hydrogen) atoms. The number of nitrogen functional groups attached to an aromatic ring is 1. The van der Waals surface area contributed by atoms with Gasteiger partial charge in [0.05, 0.1) is 6.54 Å². The van der Waals surface area contributed by atoms with E-state index in [0.717, 1.165) is 16.3 Å². The average molecular weight is 447 g/mol. The predicted molar refractivity (Wildman–Crippen MR) is 123 cm³/mol. The summed E-state index contributed by atoms with van der Waals surface area (Å²) in [7, 11) is 0. The van der Waals surface area contributed by atoms with E-state index in [9.17, 15) is 14.4 Å². The van der Waals surface area contributed by atoms with Gasteiger partial charge in [0, 0.05) is 24.7 Å². The number of aromatic nitrogens is 1. The molecule has 0 saturated carbocycles. The number of nitrogens with two attached hydrogens (primary N) is 1. The number of amides is 2. The van der Waals surface area contributed by atoms with Crippen LogP contribution in [0.2, 0.25) is 0 Å². The SMILES string of the molecule is Nc1nccc2cc(CNC(=O)C3CCN3C(=O)C(NCC(=O)O)c3ccccc3)ccc12. The maximum Gasteiger partial charge on any atom is 0.317 e. The molecule has 2 atom stereocenters.